The Morgan fingerprint density at radius 2 is 1.81 bits per heavy atom. The van der Waals surface area contributed by atoms with E-state index in [0.29, 0.717) is 0 Å². The fraction of sp³-hybridized carbons (Fsp3) is 0.190. The van der Waals surface area contributed by atoms with E-state index < -0.39 is 27.4 Å². The lowest BCUT2D eigenvalue weighted by Gasteiger charge is -2.15. The molecule has 0 radical (unpaired) electrons. The molecule has 0 saturated heterocycles. The number of hydrogen-bond donors (Lipinski definition) is 2. The number of sulfonamides is 1. The van der Waals surface area contributed by atoms with E-state index in [9.17, 15) is 18.3 Å². The highest BCUT2D eigenvalue weighted by Crippen LogP contribution is 2.58. The molecule has 0 spiro atoms. The van der Waals surface area contributed by atoms with Crippen molar-refractivity contribution in [1.82, 2.24) is 13.5 Å². The van der Waals surface area contributed by atoms with Crippen LogP contribution in [0, 0.1) is 5.92 Å². The third-order valence-corrected chi connectivity index (χ3v) is 9.47. The molecule has 1 saturated carbocycles. The Kier molecular flexibility index (Phi) is 4.70. The zero-order valence-electron chi connectivity index (χ0n) is 16.2. The van der Waals surface area contributed by atoms with Crippen molar-refractivity contribution < 1.29 is 18.3 Å². The molecule has 0 bridgehead atoms. The lowest BCUT2D eigenvalue weighted by Crippen LogP contribution is -2.45. The van der Waals surface area contributed by atoms with Crippen molar-refractivity contribution in [3.05, 3.63) is 66.2 Å². The number of carbonyl (C=O) groups is 1. The number of hydrogen-bond acceptors (Lipinski definition) is 7. The predicted molar refractivity (Wildman–Crippen MR) is 120 cm³/mol. The Balaban J connectivity index is 1.46. The number of rotatable bonds is 6. The van der Waals surface area contributed by atoms with E-state index in [1.165, 1.54) is 6.07 Å². The molecule has 2 N–H and O–H groups in total. The van der Waals surface area contributed by atoms with Gasteiger partial charge in [0.05, 0.1) is 11.7 Å². The Hall–Kier alpha value is -2.66. The van der Waals surface area contributed by atoms with E-state index >= 15 is 0 Å². The first-order valence-electron chi connectivity index (χ1n) is 9.48. The van der Waals surface area contributed by atoms with Gasteiger partial charge in [0.1, 0.15) is 20.8 Å². The van der Waals surface area contributed by atoms with Crippen LogP contribution in [-0.2, 0) is 14.8 Å². The summed E-state index contributed by atoms with van der Waals surface area (Å²) in [5.41, 5.74) is 1.62. The molecule has 1 aliphatic carbocycles. The number of thiophene rings is 1. The van der Waals surface area contributed by atoms with Gasteiger partial charge in [0.25, 0.3) is 10.0 Å². The molecule has 2 aromatic heterocycles. The highest BCUT2D eigenvalue weighted by atomic mass is 32.2. The molecule has 31 heavy (non-hydrogen) atoms. The molecule has 7 nitrogen and oxygen atoms in total. The second-order valence-corrected chi connectivity index (χ2v) is 11.1. The van der Waals surface area contributed by atoms with Crippen LogP contribution in [0.5, 0.6) is 0 Å². The summed E-state index contributed by atoms with van der Waals surface area (Å²) in [6.07, 6.45) is 0. The standard InChI is InChI=1S/C21H17N3O4S3/c1-12-19(13-5-3-2-4-6-13)21(12,20(25)26)24-31(27,28)18-10-9-17(29-18)14-7-8-15-16(11-14)23-30-22-15/h2-12,19,24H,1H3,(H,25,26)/t12-,19-,21+/m1/s1. The minimum absolute atomic E-state index is 0.0746. The molecule has 0 amide bonds. The average molecular weight is 472 g/mol. The summed E-state index contributed by atoms with van der Waals surface area (Å²) in [4.78, 5) is 12.9. The fourth-order valence-electron chi connectivity index (χ4n) is 4.13. The first kappa shape index (κ1) is 20.3. The van der Waals surface area contributed by atoms with Gasteiger partial charge in [0.2, 0.25) is 0 Å². The smallest absolute Gasteiger partial charge is 0.325 e. The number of carboxylic acids is 1. The van der Waals surface area contributed by atoms with Crippen molar-refractivity contribution in [2.45, 2.75) is 22.6 Å². The van der Waals surface area contributed by atoms with Gasteiger partial charge in [-0.3, -0.25) is 4.79 Å². The molecular formula is C21H17N3O4S3. The molecule has 158 valence electrons. The van der Waals surface area contributed by atoms with E-state index in [-0.39, 0.29) is 10.1 Å². The summed E-state index contributed by atoms with van der Waals surface area (Å²) in [6, 6.07) is 17.9. The molecule has 3 atom stereocenters. The monoisotopic (exact) mass is 471 g/mol. The summed E-state index contributed by atoms with van der Waals surface area (Å²) in [6.45, 7) is 1.76. The van der Waals surface area contributed by atoms with Crippen LogP contribution in [0.2, 0.25) is 0 Å². The summed E-state index contributed by atoms with van der Waals surface area (Å²) >= 11 is 2.22. The van der Waals surface area contributed by atoms with Gasteiger partial charge in [-0.1, -0.05) is 43.3 Å². The maximum Gasteiger partial charge on any atom is 0.325 e. The van der Waals surface area contributed by atoms with E-state index in [1.807, 2.05) is 48.5 Å². The first-order chi connectivity index (χ1) is 14.8. The number of aromatic nitrogens is 2. The van der Waals surface area contributed by atoms with Crippen LogP contribution >= 0.6 is 23.1 Å². The maximum atomic E-state index is 13.1. The first-order valence-corrected chi connectivity index (χ1v) is 12.5. The van der Waals surface area contributed by atoms with Crippen molar-refractivity contribution >= 4 is 50.1 Å². The van der Waals surface area contributed by atoms with Gasteiger partial charge in [-0.05, 0) is 41.3 Å². The lowest BCUT2D eigenvalue weighted by molar-refractivity contribution is -0.140. The van der Waals surface area contributed by atoms with Crippen LogP contribution in [0.25, 0.3) is 21.5 Å². The van der Waals surface area contributed by atoms with E-state index in [1.54, 1.807) is 13.0 Å². The number of aliphatic carboxylic acids is 1. The number of benzene rings is 2. The third kappa shape index (κ3) is 3.26. The maximum absolute atomic E-state index is 13.1. The van der Waals surface area contributed by atoms with Gasteiger partial charge in [0.15, 0.2) is 0 Å². The molecule has 1 aliphatic rings. The normalized spacial score (nSPS) is 23.1. The molecule has 2 aromatic carbocycles. The summed E-state index contributed by atoms with van der Waals surface area (Å²) in [5.74, 6) is -1.98. The SMILES string of the molecule is C[C@@H]1[C@H](c2ccccc2)[C@]1(NS(=O)(=O)c1ccc(-c2ccc3nsnc3c2)s1)C(=O)O. The summed E-state index contributed by atoms with van der Waals surface area (Å²) in [5, 5.41) is 9.94. The molecule has 4 aromatic rings. The Morgan fingerprint density at radius 3 is 2.55 bits per heavy atom. The minimum atomic E-state index is -4.03. The fourth-order valence-corrected chi connectivity index (χ4v) is 7.41. The van der Waals surface area contributed by atoms with Gasteiger partial charge in [0, 0.05) is 10.8 Å². The molecule has 0 unspecified atom stereocenters. The molecular weight excluding hydrogens is 454 g/mol. The Morgan fingerprint density at radius 1 is 1.06 bits per heavy atom. The topological polar surface area (TPSA) is 109 Å². The lowest BCUT2D eigenvalue weighted by atomic mass is 10.1. The number of nitrogens with zero attached hydrogens (tertiary/aromatic N) is 2. The molecule has 1 fully saturated rings. The van der Waals surface area contributed by atoms with Crippen LogP contribution in [-0.4, -0.2) is 33.8 Å². The minimum Gasteiger partial charge on any atom is -0.480 e. The van der Waals surface area contributed by atoms with Crippen LogP contribution in [0.4, 0.5) is 0 Å². The zero-order valence-corrected chi connectivity index (χ0v) is 18.7. The Bertz CT molecular complexity index is 1400. The van der Waals surface area contributed by atoms with Crippen LogP contribution in [0.3, 0.4) is 0 Å². The summed E-state index contributed by atoms with van der Waals surface area (Å²) in [7, 11) is -4.03. The van der Waals surface area contributed by atoms with Gasteiger partial charge in [-0.25, -0.2) is 8.42 Å². The third-order valence-electron chi connectivity index (χ3n) is 5.80. The molecule has 0 aliphatic heterocycles. The van der Waals surface area contributed by atoms with Crippen molar-refractivity contribution in [3.8, 4) is 10.4 Å². The van der Waals surface area contributed by atoms with Gasteiger partial charge in [-0.15, -0.1) is 11.3 Å². The highest BCUT2D eigenvalue weighted by Gasteiger charge is 2.70. The Labute approximate surface area is 186 Å². The summed E-state index contributed by atoms with van der Waals surface area (Å²) < 4.78 is 37.3. The van der Waals surface area contributed by atoms with Crippen molar-refractivity contribution in [2.75, 3.05) is 0 Å². The number of fused-ring (bicyclic) bond motifs is 1. The van der Waals surface area contributed by atoms with Crippen molar-refractivity contribution in [3.63, 3.8) is 0 Å². The second kappa shape index (κ2) is 7.20. The van der Waals surface area contributed by atoms with Gasteiger partial charge >= 0.3 is 5.97 Å². The van der Waals surface area contributed by atoms with Crippen molar-refractivity contribution in [1.29, 1.82) is 0 Å². The largest absolute Gasteiger partial charge is 0.480 e. The van der Waals surface area contributed by atoms with Crippen molar-refractivity contribution in [2.24, 2.45) is 5.92 Å². The van der Waals surface area contributed by atoms with Gasteiger partial charge in [-0.2, -0.15) is 13.5 Å². The average Bonchev–Trinajstić information content (AvgIpc) is 3.18. The van der Waals surface area contributed by atoms with Crippen LogP contribution in [0.1, 0.15) is 18.4 Å². The number of carboxylic acid groups (broad SMARTS) is 1. The van der Waals surface area contributed by atoms with Crippen LogP contribution in [0.15, 0.2) is 64.9 Å². The number of nitrogens with one attached hydrogen (secondary N) is 1. The second-order valence-electron chi connectivity index (χ2n) is 7.54. The quantitative estimate of drug-likeness (QED) is 0.441. The highest BCUT2D eigenvalue weighted by molar-refractivity contribution is 7.91. The molecule has 10 heteroatoms. The zero-order chi connectivity index (χ0) is 21.8. The molecule has 2 heterocycles. The molecule has 5 rings (SSSR count). The predicted octanol–water partition coefficient (Wildman–Crippen LogP) is 3.96. The van der Waals surface area contributed by atoms with E-state index in [2.05, 4.69) is 13.5 Å². The van der Waals surface area contributed by atoms with Crippen LogP contribution < -0.4 is 4.72 Å². The van der Waals surface area contributed by atoms with Gasteiger partial charge < -0.3 is 5.11 Å². The van der Waals surface area contributed by atoms with E-state index in [4.69, 9.17) is 0 Å². The van der Waals surface area contributed by atoms with E-state index in [0.717, 1.165) is 50.1 Å².